The average Bonchev–Trinajstić information content (AvgIpc) is 2.79. The van der Waals surface area contributed by atoms with Crippen molar-refractivity contribution < 1.29 is 14.3 Å². The first-order chi connectivity index (χ1) is 7.63. The van der Waals surface area contributed by atoms with Gasteiger partial charge in [-0.05, 0) is 12.1 Å². The lowest BCUT2D eigenvalue weighted by molar-refractivity contribution is -0.178. The molecule has 0 aliphatic carbocycles. The number of anilines is 2. The molecule has 0 unspecified atom stereocenters. The number of fused-ring (bicyclic) bond motifs is 2. The predicted octanol–water partition coefficient (Wildman–Crippen LogP) is 1.18. The number of ether oxygens (including phenoxy) is 2. The van der Waals surface area contributed by atoms with Crippen molar-refractivity contribution >= 4 is 33.2 Å². The Hall–Kier alpha value is -1.11. The first-order valence-corrected chi connectivity index (χ1v) is 5.62. The number of hydrogen-bond acceptors (Lipinski definition) is 4. The van der Waals surface area contributed by atoms with Crippen LogP contribution in [-0.2, 0) is 20.1 Å². The summed E-state index contributed by atoms with van der Waals surface area (Å²) in [6.07, 6.45) is 0. The fraction of sp³-hybridized carbons (Fsp3) is 0.300. The van der Waals surface area contributed by atoms with Crippen LogP contribution in [0, 0.1) is 0 Å². The van der Waals surface area contributed by atoms with Crippen molar-refractivity contribution in [3.05, 3.63) is 22.2 Å². The minimum Gasteiger partial charge on any atom is -0.397 e. The molecule has 1 fully saturated rings. The zero-order chi connectivity index (χ0) is 11.3. The van der Waals surface area contributed by atoms with Crippen molar-refractivity contribution in [3.63, 3.8) is 0 Å². The van der Waals surface area contributed by atoms with Gasteiger partial charge >= 0.3 is 0 Å². The van der Waals surface area contributed by atoms with Gasteiger partial charge in [0.05, 0.1) is 24.6 Å². The quantitative estimate of drug-likeness (QED) is 0.702. The number of carbonyl (C=O) groups is 1. The summed E-state index contributed by atoms with van der Waals surface area (Å²) in [5, 5.41) is 2.69. The van der Waals surface area contributed by atoms with Gasteiger partial charge in [0.25, 0.3) is 11.7 Å². The Morgan fingerprint density at radius 1 is 1.38 bits per heavy atom. The Bertz CT molecular complexity index is 483. The first-order valence-electron chi connectivity index (χ1n) is 4.82. The summed E-state index contributed by atoms with van der Waals surface area (Å²) in [6, 6.07) is 3.52. The van der Waals surface area contributed by atoms with Crippen LogP contribution in [0.1, 0.15) is 5.56 Å². The standard InChI is InChI=1S/C10H9BrN2O3/c11-5-3-6-8(7(12)4-5)13-9(14)10(6)15-1-2-16-10/h3-4H,1-2,12H2,(H,13,14). The molecule has 1 amide bonds. The van der Waals surface area contributed by atoms with Gasteiger partial charge in [-0.25, -0.2) is 0 Å². The topological polar surface area (TPSA) is 73.6 Å². The van der Waals surface area contributed by atoms with Crippen molar-refractivity contribution in [2.45, 2.75) is 5.79 Å². The van der Waals surface area contributed by atoms with Crippen molar-refractivity contribution in [2.24, 2.45) is 0 Å². The van der Waals surface area contributed by atoms with Gasteiger partial charge in [0, 0.05) is 10.0 Å². The van der Waals surface area contributed by atoms with E-state index in [4.69, 9.17) is 15.2 Å². The van der Waals surface area contributed by atoms with Gasteiger partial charge in [-0.1, -0.05) is 15.9 Å². The highest BCUT2D eigenvalue weighted by Gasteiger charge is 2.53. The highest BCUT2D eigenvalue weighted by atomic mass is 79.9. The van der Waals surface area contributed by atoms with Crippen LogP contribution in [0.25, 0.3) is 0 Å². The lowest BCUT2D eigenvalue weighted by atomic mass is 10.1. The number of rotatable bonds is 0. The summed E-state index contributed by atoms with van der Waals surface area (Å²) in [6.45, 7) is 0.804. The maximum atomic E-state index is 11.9. The van der Waals surface area contributed by atoms with E-state index in [0.717, 1.165) is 4.47 Å². The summed E-state index contributed by atoms with van der Waals surface area (Å²) in [5.41, 5.74) is 7.54. The fourth-order valence-corrected chi connectivity index (χ4v) is 2.52. The molecule has 0 bridgehead atoms. The van der Waals surface area contributed by atoms with Crippen LogP contribution >= 0.6 is 15.9 Å². The molecule has 3 rings (SSSR count). The molecule has 1 aromatic carbocycles. The summed E-state index contributed by atoms with van der Waals surface area (Å²) >= 11 is 3.34. The number of benzene rings is 1. The molecule has 16 heavy (non-hydrogen) atoms. The van der Waals surface area contributed by atoms with Crippen molar-refractivity contribution in [1.82, 2.24) is 0 Å². The average molecular weight is 285 g/mol. The highest BCUT2D eigenvalue weighted by Crippen LogP contribution is 2.45. The maximum absolute atomic E-state index is 11.9. The summed E-state index contributed by atoms with van der Waals surface area (Å²) < 4.78 is 11.7. The molecular formula is C10H9BrN2O3. The van der Waals surface area contributed by atoms with E-state index in [9.17, 15) is 4.79 Å². The molecule has 6 heteroatoms. The van der Waals surface area contributed by atoms with Crippen LogP contribution < -0.4 is 11.1 Å². The molecule has 2 aliphatic rings. The molecule has 2 heterocycles. The largest absolute Gasteiger partial charge is 0.397 e. The van der Waals surface area contributed by atoms with Gasteiger partial charge in [-0.15, -0.1) is 0 Å². The predicted molar refractivity (Wildman–Crippen MR) is 60.8 cm³/mol. The minimum atomic E-state index is -1.30. The summed E-state index contributed by atoms with van der Waals surface area (Å²) in [7, 11) is 0. The second-order valence-corrected chi connectivity index (χ2v) is 4.60. The molecule has 0 atom stereocenters. The summed E-state index contributed by atoms with van der Waals surface area (Å²) in [4.78, 5) is 11.9. The lowest BCUT2D eigenvalue weighted by Crippen LogP contribution is -2.35. The van der Waals surface area contributed by atoms with Gasteiger partial charge < -0.3 is 20.5 Å². The van der Waals surface area contributed by atoms with Gasteiger partial charge in [-0.2, -0.15) is 0 Å². The van der Waals surface area contributed by atoms with E-state index in [1.807, 2.05) is 0 Å². The number of nitrogens with one attached hydrogen (secondary N) is 1. The Labute approximate surface area is 100 Å². The van der Waals surface area contributed by atoms with Crippen molar-refractivity contribution in [3.8, 4) is 0 Å². The third-order valence-corrected chi connectivity index (χ3v) is 3.18. The zero-order valence-corrected chi connectivity index (χ0v) is 9.83. The molecule has 0 radical (unpaired) electrons. The van der Waals surface area contributed by atoms with Crippen molar-refractivity contribution in [1.29, 1.82) is 0 Å². The summed E-state index contributed by atoms with van der Waals surface area (Å²) in [5.74, 6) is -1.61. The van der Waals surface area contributed by atoms with Crippen LogP contribution in [-0.4, -0.2) is 19.1 Å². The molecule has 2 aliphatic heterocycles. The Morgan fingerprint density at radius 3 is 2.75 bits per heavy atom. The number of carbonyl (C=O) groups excluding carboxylic acids is 1. The second-order valence-electron chi connectivity index (χ2n) is 3.69. The van der Waals surface area contributed by atoms with Gasteiger partial charge in [0.2, 0.25) is 0 Å². The Morgan fingerprint density at radius 2 is 2.06 bits per heavy atom. The Balaban J connectivity index is 2.24. The smallest absolute Gasteiger partial charge is 0.290 e. The fourth-order valence-electron chi connectivity index (χ4n) is 2.04. The monoisotopic (exact) mass is 284 g/mol. The van der Waals surface area contributed by atoms with Gasteiger partial charge in [-0.3, -0.25) is 4.79 Å². The van der Waals surface area contributed by atoms with E-state index < -0.39 is 5.79 Å². The van der Waals surface area contributed by atoms with E-state index in [0.29, 0.717) is 30.2 Å². The normalized spacial score (nSPS) is 21.2. The number of hydrogen-bond donors (Lipinski definition) is 2. The molecule has 0 aromatic heterocycles. The molecular weight excluding hydrogens is 276 g/mol. The first kappa shape index (κ1) is 10.1. The lowest BCUT2D eigenvalue weighted by Gasteiger charge is -2.19. The van der Waals surface area contributed by atoms with Crippen LogP contribution in [0.5, 0.6) is 0 Å². The molecule has 84 valence electrons. The van der Waals surface area contributed by atoms with Crippen LogP contribution in [0.3, 0.4) is 0 Å². The number of amides is 1. The van der Waals surface area contributed by atoms with Crippen molar-refractivity contribution in [2.75, 3.05) is 24.3 Å². The number of nitrogen functional groups attached to an aromatic ring is 1. The zero-order valence-electron chi connectivity index (χ0n) is 8.25. The number of halogens is 1. The third-order valence-electron chi connectivity index (χ3n) is 2.72. The SMILES string of the molecule is Nc1cc(Br)cc2c1NC(=O)C21OCCO1. The third kappa shape index (κ3) is 1.15. The molecule has 3 N–H and O–H groups in total. The van der Waals surface area contributed by atoms with Crippen LogP contribution in [0.2, 0.25) is 0 Å². The molecule has 1 spiro atoms. The van der Waals surface area contributed by atoms with E-state index >= 15 is 0 Å². The van der Waals surface area contributed by atoms with Crippen LogP contribution in [0.15, 0.2) is 16.6 Å². The van der Waals surface area contributed by atoms with Gasteiger partial charge in [0.1, 0.15) is 0 Å². The van der Waals surface area contributed by atoms with E-state index in [1.165, 1.54) is 0 Å². The number of nitrogens with two attached hydrogens (primary N) is 1. The van der Waals surface area contributed by atoms with E-state index in [1.54, 1.807) is 12.1 Å². The maximum Gasteiger partial charge on any atom is 0.290 e. The van der Waals surface area contributed by atoms with Gasteiger partial charge in [0.15, 0.2) is 0 Å². The highest BCUT2D eigenvalue weighted by molar-refractivity contribution is 9.10. The van der Waals surface area contributed by atoms with E-state index in [2.05, 4.69) is 21.2 Å². The Kier molecular flexibility index (Phi) is 2.01. The molecule has 1 saturated heterocycles. The molecule has 0 saturated carbocycles. The second kappa shape index (κ2) is 3.19. The minimum absolute atomic E-state index is 0.315. The van der Waals surface area contributed by atoms with E-state index in [-0.39, 0.29) is 5.91 Å². The molecule has 1 aromatic rings. The molecule has 5 nitrogen and oxygen atoms in total. The van der Waals surface area contributed by atoms with Crippen LogP contribution in [0.4, 0.5) is 11.4 Å².